The fraction of sp³-hybridized carbons (Fsp3) is 0.750. The number of hydrogen-bond donors (Lipinski definition) is 0. The molecule has 5 nitrogen and oxygen atoms in total. The molecule has 14 heavy (non-hydrogen) atoms. The normalized spacial score (nSPS) is 13.2. The first kappa shape index (κ1) is 13.2. The lowest BCUT2D eigenvalue weighted by molar-refractivity contribution is -0.148. The third-order valence-electron chi connectivity index (χ3n) is 1.24. The number of esters is 1. The maximum atomic E-state index is 11.3. The van der Waals surface area contributed by atoms with Crippen LogP contribution in [0.3, 0.4) is 0 Å². The summed E-state index contributed by atoms with van der Waals surface area (Å²) in [4.78, 5) is 21.5. The molecule has 0 aliphatic rings. The van der Waals surface area contributed by atoms with Crippen LogP contribution in [0.25, 0.3) is 0 Å². The van der Waals surface area contributed by atoms with Crippen molar-refractivity contribution in [3.63, 3.8) is 0 Å². The second-order valence-electron chi connectivity index (χ2n) is 2.69. The molecule has 0 aliphatic carbocycles. The van der Waals surface area contributed by atoms with Crippen molar-refractivity contribution in [1.82, 2.24) is 0 Å². The molecule has 0 aromatic rings. The third kappa shape index (κ3) is 5.04. The number of carbonyl (C=O) groups excluding carboxylic acids is 2. The van der Waals surface area contributed by atoms with Crippen LogP contribution in [-0.2, 0) is 23.4 Å². The molecule has 0 saturated carbocycles. The maximum Gasteiger partial charge on any atom is 0.562 e. The maximum absolute atomic E-state index is 11.3. The summed E-state index contributed by atoms with van der Waals surface area (Å²) in [6.45, 7) is 4.48. The molecular formula is C8H14O5P+. The summed E-state index contributed by atoms with van der Waals surface area (Å²) in [5.74, 6) is -2.39. The molecule has 0 spiro atoms. The van der Waals surface area contributed by atoms with Gasteiger partial charge in [-0.2, -0.15) is 0 Å². The molecule has 0 amide bonds. The van der Waals surface area contributed by atoms with Crippen molar-refractivity contribution in [3.05, 3.63) is 0 Å². The Morgan fingerprint density at radius 2 is 1.93 bits per heavy atom. The van der Waals surface area contributed by atoms with Gasteiger partial charge < -0.3 is 4.74 Å². The van der Waals surface area contributed by atoms with E-state index in [-0.39, 0.29) is 6.61 Å². The molecule has 0 N–H and O–H groups in total. The highest BCUT2D eigenvalue weighted by Gasteiger charge is 2.40. The second-order valence-corrected chi connectivity index (χ2v) is 3.99. The minimum atomic E-state index is -2.26. The molecule has 0 aromatic carbocycles. The summed E-state index contributed by atoms with van der Waals surface area (Å²) in [5.41, 5.74) is 0. The van der Waals surface area contributed by atoms with Gasteiger partial charge in [-0.1, -0.05) is 6.92 Å². The average molecular weight is 221 g/mol. The molecule has 2 atom stereocenters. The van der Waals surface area contributed by atoms with Crippen molar-refractivity contribution in [2.24, 2.45) is 0 Å². The Hall–Kier alpha value is -0.800. The van der Waals surface area contributed by atoms with E-state index >= 15 is 0 Å². The van der Waals surface area contributed by atoms with E-state index in [4.69, 9.17) is 4.52 Å². The highest BCUT2D eigenvalue weighted by atomic mass is 31.1. The van der Waals surface area contributed by atoms with Gasteiger partial charge in [0.05, 0.1) is 0 Å². The topological polar surface area (TPSA) is 69.7 Å². The molecule has 0 fully saturated rings. The SMILES string of the molecule is CCCO[P+](=O)C(OC(C)=O)C(C)=O. The zero-order valence-corrected chi connectivity index (χ0v) is 9.37. The Labute approximate surface area is 83.6 Å². The van der Waals surface area contributed by atoms with Gasteiger partial charge in [0.15, 0.2) is 0 Å². The summed E-state index contributed by atoms with van der Waals surface area (Å²) >= 11 is 0. The first-order chi connectivity index (χ1) is 6.49. The van der Waals surface area contributed by atoms with Crippen LogP contribution in [0.2, 0.25) is 0 Å². The lowest BCUT2D eigenvalue weighted by Gasteiger charge is -2.02. The lowest BCUT2D eigenvalue weighted by Crippen LogP contribution is -2.21. The Morgan fingerprint density at radius 1 is 1.36 bits per heavy atom. The Bertz CT molecular complexity index is 238. The van der Waals surface area contributed by atoms with Crippen LogP contribution >= 0.6 is 8.03 Å². The van der Waals surface area contributed by atoms with Crippen LogP contribution in [0.15, 0.2) is 0 Å². The minimum Gasteiger partial charge on any atom is -0.408 e. The van der Waals surface area contributed by atoms with Crippen molar-refractivity contribution in [1.29, 1.82) is 0 Å². The van der Waals surface area contributed by atoms with Crippen molar-refractivity contribution in [2.45, 2.75) is 33.0 Å². The molecule has 0 heterocycles. The number of hydrogen-bond acceptors (Lipinski definition) is 5. The van der Waals surface area contributed by atoms with Gasteiger partial charge in [0, 0.05) is 13.8 Å². The van der Waals surface area contributed by atoms with E-state index in [2.05, 4.69) is 4.74 Å². The van der Waals surface area contributed by atoms with E-state index < -0.39 is 25.6 Å². The predicted octanol–water partition coefficient (Wildman–Crippen LogP) is 1.63. The molecule has 0 radical (unpaired) electrons. The van der Waals surface area contributed by atoms with Crippen molar-refractivity contribution < 1.29 is 23.4 Å². The Kier molecular flexibility index (Phi) is 6.25. The summed E-state index contributed by atoms with van der Waals surface area (Å²) in [6, 6.07) is 0. The smallest absolute Gasteiger partial charge is 0.408 e. The van der Waals surface area contributed by atoms with Gasteiger partial charge in [-0.05, 0) is 11.0 Å². The number of Topliss-reactive ketones (excluding diaryl/α,β-unsaturated/α-hetero) is 1. The van der Waals surface area contributed by atoms with Crippen LogP contribution < -0.4 is 0 Å². The molecule has 0 aliphatic heterocycles. The van der Waals surface area contributed by atoms with Crippen molar-refractivity contribution in [3.8, 4) is 0 Å². The van der Waals surface area contributed by atoms with Crippen LogP contribution in [-0.4, -0.2) is 24.2 Å². The van der Waals surface area contributed by atoms with Crippen molar-refractivity contribution in [2.75, 3.05) is 6.61 Å². The fourth-order valence-electron chi connectivity index (χ4n) is 0.681. The average Bonchev–Trinajstić information content (AvgIpc) is 2.09. The molecule has 6 heteroatoms. The van der Waals surface area contributed by atoms with Crippen LogP contribution in [0.1, 0.15) is 27.2 Å². The van der Waals surface area contributed by atoms with Gasteiger partial charge >= 0.3 is 19.8 Å². The Balaban J connectivity index is 4.26. The molecule has 2 unspecified atom stereocenters. The quantitative estimate of drug-likeness (QED) is 0.503. The molecular weight excluding hydrogens is 207 g/mol. The number of ketones is 1. The van der Waals surface area contributed by atoms with E-state index in [1.54, 1.807) is 0 Å². The second kappa shape index (κ2) is 6.62. The van der Waals surface area contributed by atoms with Gasteiger partial charge in [-0.3, -0.25) is 9.59 Å². The van der Waals surface area contributed by atoms with Crippen LogP contribution in [0, 0.1) is 0 Å². The summed E-state index contributed by atoms with van der Waals surface area (Å²) in [6.07, 6.45) is 0.686. The minimum absolute atomic E-state index is 0.278. The van der Waals surface area contributed by atoms with E-state index in [0.29, 0.717) is 6.42 Å². The molecule has 0 rings (SSSR count). The van der Waals surface area contributed by atoms with E-state index in [1.807, 2.05) is 6.92 Å². The third-order valence-corrected chi connectivity index (χ3v) is 2.53. The van der Waals surface area contributed by atoms with Crippen LogP contribution in [0.4, 0.5) is 0 Å². The van der Waals surface area contributed by atoms with Gasteiger partial charge in [0.2, 0.25) is 5.78 Å². The predicted molar refractivity (Wildman–Crippen MR) is 50.1 cm³/mol. The summed E-state index contributed by atoms with van der Waals surface area (Å²) in [5, 5.41) is 0. The molecule has 0 saturated heterocycles. The van der Waals surface area contributed by atoms with Gasteiger partial charge in [0.25, 0.3) is 0 Å². The van der Waals surface area contributed by atoms with E-state index in [1.165, 1.54) is 6.92 Å². The molecule has 0 aromatic heterocycles. The van der Waals surface area contributed by atoms with Gasteiger partial charge in [-0.15, -0.1) is 4.52 Å². The number of carbonyl (C=O) groups is 2. The highest BCUT2D eigenvalue weighted by Crippen LogP contribution is 2.31. The van der Waals surface area contributed by atoms with Gasteiger partial charge in [0.1, 0.15) is 6.61 Å². The zero-order valence-electron chi connectivity index (χ0n) is 8.48. The monoisotopic (exact) mass is 221 g/mol. The Morgan fingerprint density at radius 3 is 2.29 bits per heavy atom. The van der Waals surface area contributed by atoms with E-state index in [9.17, 15) is 14.2 Å². The lowest BCUT2D eigenvalue weighted by atomic mass is 10.5. The number of ether oxygens (including phenoxy) is 1. The molecule has 80 valence electrons. The molecule has 0 bridgehead atoms. The highest BCUT2D eigenvalue weighted by molar-refractivity contribution is 7.41. The first-order valence-electron chi connectivity index (χ1n) is 4.26. The van der Waals surface area contributed by atoms with Crippen molar-refractivity contribution >= 4 is 19.8 Å². The van der Waals surface area contributed by atoms with Crippen LogP contribution in [0.5, 0.6) is 0 Å². The van der Waals surface area contributed by atoms with Gasteiger partial charge in [-0.25, -0.2) is 0 Å². The fourth-order valence-corrected chi connectivity index (χ4v) is 1.71. The standard InChI is InChI=1S/C8H14O5P/c1-4-5-12-14(11)8(6(2)9)13-7(3)10/h8H,4-5H2,1-3H3/q+1. The van der Waals surface area contributed by atoms with E-state index in [0.717, 1.165) is 6.92 Å². The first-order valence-corrected chi connectivity index (χ1v) is 5.50. The largest absolute Gasteiger partial charge is 0.562 e. The summed E-state index contributed by atoms with van der Waals surface area (Å²) < 4.78 is 20.7. The summed E-state index contributed by atoms with van der Waals surface area (Å²) in [7, 11) is -2.26. The zero-order chi connectivity index (χ0) is 11.1. The number of rotatable bonds is 6.